The molecule has 4 heteroatoms. The number of ether oxygens (including phenoxy) is 1. The fourth-order valence-corrected chi connectivity index (χ4v) is 1.16. The molecule has 2 N–H and O–H groups in total. The Morgan fingerprint density at radius 2 is 2.19 bits per heavy atom. The van der Waals surface area contributed by atoms with E-state index < -0.39 is 5.60 Å². The molecule has 1 amide bonds. The number of methoxy groups -OCH3 is 1. The molecular weight excluding hydrogens is 206 g/mol. The van der Waals surface area contributed by atoms with Gasteiger partial charge >= 0.3 is 0 Å². The van der Waals surface area contributed by atoms with Crippen molar-refractivity contribution in [1.29, 1.82) is 0 Å². The molecule has 0 radical (unpaired) electrons. The Bertz CT molecular complexity index is 369. The van der Waals surface area contributed by atoms with Gasteiger partial charge in [-0.2, -0.15) is 0 Å². The summed E-state index contributed by atoms with van der Waals surface area (Å²) in [5, 5.41) is 12.1. The molecule has 88 valence electrons. The molecular formula is C12H17NO3. The lowest BCUT2D eigenvalue weighted by molar-refractivity contribution is 0.0694. The largest absolute Gasteiger partial charge is 0.497 e. The third-order valence-electron chi connectivity index (χ3n) is 2.01. The summed E-state index contributed by atoms with van der Waals surface area (Å²) < 4.78 is 5.02. The Hall–Kier alpha value is -1.55. The van der Waals surface area contributed by atoms with Gasteiger partial charge in [-0.25, -0.2) is 0 Å². The van der Waals surface area contributed by atoms with Crippen LogP contribution in [0.1, 0.15) is 24.2 Å². The van der Waals surface area contributed by atoms with Crippen LogP contribution in [0, 0.1) is 0 Å². The van der Waals surface area contributed by atoms with E-state index in [9.17, 15) is 9.90 Å². The number of amides is 1. The van der Waals surface area contributed by atoms with Crippen LogP contribution in [0.25, 0.3) is 0 Å². The minimum atomic E-state index is -0.908. The first kappa shape index (κ1) is 12.5. The minimum absolute atomic E-state index is 0.211. The Kier molecular flexibility index (Phi) is 3.90. The zero-order valence-electron chi connectivity index (χ0n) is 9.78. The van der Waals surface area contributed by atoms with Crippen LogP contribution in [0.15, 0.2) is 24.3 Å². The second-order valence-corrected chi connectivity index (χ2v) is 4.23. The van der Waals surface area contributed by atoms with Crippen molar-refractivity contribution in [1.82, 2.24) is 5.32 Å². The van der Waals surface area contributed by atoms with Gasteiger partial charge in [0, 0.05) is 12.1 Å². The van der Waals surface area contributed by atoms with E-state index in [1.807, 2.05) is 0 Å². The van der Waals surface area contributed by atoms with Gasteiger partial charge in [0.25, 0.3) is 5.91 Å². The van der Waals surface area contributed by atoms with Gasteiger partial charge in [-0.1, -0.05) is 6.07 Å². The molecule has 1 aromatic rings. The number of rotatable bonds is 4. The van der Waals surface area contributed by atoms with E-state index in [0.717, 1.165) is 0 Å². The molecule has 0 aliphatic heterocycles. The van der Waals surface area contributed by atoms with Gasteiger partial charge < -0.3 is 15.2 Å². The number of aliphatic hydroxyl groups is 1. The molecule has 0 unspecified atom stereocenters. The van der Waals surface area contributed by atoms with Crippen LogP contribution >= 0.6 is 0 Å². The van der Waals surface area contributed by atoms with Gasteiger partial charge in [0.1, 0.15) is 5.75 Å². The molecule has 1 rings (SSSR count). The van der Waals surface area contributed by atoms with Crippen molar-refractivity contribution < 1.29 is 14.6 Å². The predicted molar refractivity (Wildman–Crippen MR) is 61.6 cm³/mol. The summed E-state index contributed by atoms with van der Waals surface area (Å²) in [6.07, 6.45) is 0. The van der Waals surface area contributed by atoms with E-state index in [-0.39, 0.29) is 12.5 Å². The Morgan fingerprint density at radius 3 is 2.75 bits per heavy atom. The van der Waals surface area contributed by atoms with Gasteiger partial charge in [-0.15, -0.1) is 0 Å². The zero-order chi connectivity index (χ0) is 12.2. The molecule has 0 fully saturated rings. The van der Waals surface area contributed by atoms with E-state index in [1.165, 1.54) is 0 Å². The molecule has 0 spiro atoms. The summed E-state index contributed by atoms with van der Waals surface area (Å²) in [6.45, 7) is 3.49. The van der Waals surface area contributed by atoms with Crippen LogP contribution in [0.3, 0.4) is 0 Å². The standard InChI is InChI=1S/C12H17NO3/c1-12(2,15)8-13-11(14)9-5-4-6-10(7-9)16-3/h4-7,15H,8H2,1-3H3,(H,13,14). The van der Waals surface area contributed by atoms with Gasteiger partial charge in [0.2, 0.25) is 0 Å². The summed E-state index contributed by atoms with van der Waals surface area (Å²) in [5.41, 5.74) is -0.391. The number of benzene rings is 1. The smallest absolute Gasteiger partial charge is 0.251 e. The Morgan fingerprint density at radius 1 is 1.50 bits per heavy atom. The van der Waals surface area contributed by atoms with E-state index in [4.69, 9.17) is 4.74 Å². The van der Waals surface area contributed by atoms with Crippen LogP contribution in [0.2, 0.25) is 0 Å². The van der Waals surface area contributed by atoms with Crippen LogP contribution in [-0.4, -0.2) is 30.3 Å². The Balaban J connectivity index is 2.66. The summed E-state index contributed by atoms with van der Waals surface area (Å²) in [6, 6.07) is 6.87. The highest BCUT2D eigenvalue weighted by atomic mass is 16.5. The second kappa shape index (κ2) is 4.99. The van der Waals surface area contributed by atoms with Gasteiger partial charge in [0.05, 0.1) is 12.7 Å². The van der Waals surface area contributed by atoms with Gasteiger partial charge in [-0.05, 0) is 32.0 Å². The normalized spacial score (nSPS) is 11.0. The maximum Gasteiger partial charge on any atom is 0.251 e. The highest BCUT2D eigenvalue weighted by Gasteiger charge is 2.14. The quantitative estimate of drug-likeness (QED) is 0.806. The van der Waals surface area contributed by atoms with E-state index in [0.29, 0.717) is 11.3 Å². The molecule has 0 bridgehead atoms. The average Bonchev–Trinajstić information content (AvgIpc) is 2.25. The third-order valence-corrected chi connectivity index (χ3v) is 2.01. The number of carbonyl (C=O) groups is 1. The summed E-state index contributed by atoms with van der Waals surface area (Å²) in [5.74, 6) is 0.414. The van der Waals surface area contributed by atoms with Crippen LogP contribution in [0.4, 0.5) is 0 Å². The van der Waals surface area contributed by atoms with Crippen molar-refractivity contribution in [2.24, 2.45) is 0 Å². The fraction of sp³-hybridized carbons (Fsp3) is 0.417. The van der Waals surface area contributed by atoms with Crippen LogP contribution in [-0.2, 0) is 0 Å². The SMILES string of the molecule is COc1cccc(C(=O)NCC(C)(C)O)c1. The highest BCUT2D eigenvalue weighted by Crippen LogP contribution is 2.12. The van der Waals surface area contributed by atoms with Crippen molar-refractivity contribution >= 4 is 5.91 Å². The maximum absolute atomic E-state index is 11.7. The van der Waals surface area contributed by atoms with Crippen LogP contribution in [0.5, 0.6) is 5.75 Å². The summed E-state index contributed by atoms with van der Waals surface area (Å²) in [4.78, 5) is 11.7. The van der Waals surface area contributed by atoms with E-state index >= 15 is 0 Å². The lowest BCUT2D eigenvalue weighted by Crippen LogP contribution is -2.38. The number of carbonyl (C=O) groups excluding carboxylic acids is 1. The van der Waals surface area contributed by atoms with Gasteiger partial charge in [-0.3, -0.25) is 4.79 Å². The van der Waals surface area contributed by atoms with E-state index in [1.54, 1.807) is 45.2 Å². The van der Waals surface area contributed by atoms with Crippen molar-refractivity contribution in [3.63, 3.8) is 0 Å². The highest BCUT2D eigenvalue weighted by molar-refractivity contribution is 5.94. The molecule has 0 aromatic heterocycles. The summed E-state index contributed by atoms with van der Waals surface area (Å²) >= 11 is 0. The summed E-state index contributed by atoms with van der Waals surface area (Å²) in [7, 11) is 1.55. The second-order valence-electron chi connectivity index (χ2n) is 4.23. The minimum Gasteiger partial charge on any atom is -0.497 e. The first-order chi connectivity index (χ1) is 7.42. The number of nitrogens with one attached hydrogen (secondary N) is 1. The lowest BCUT2D eigenvalue weighted by atomic mass is 10.1. The lowest BCUT2D eigenvalue weighted by Gasteiger charge is -2.17. The number of hydrogen-bond donors (Lipinski definition) is 2. The monoisotopic (exact) mass is 223 g/mol. The van der Waals surface area contributed by atoms with Crippen molar-refractivity contribution in [3.05, 3.63) is 29.8 Å². The Labute approximate surface area is 95.2 Å². The molecule has 0 saturated heterocycles. The van der Waals surface area contributed by atoms with Crippen LogP contribution < -0.4 is 10.1 Å². The first-order valence-corrected chi connectivity index (χ1v) is 5.07. The molecule has 4 nitrogen and oxygen atoms in total. The molecule has 0 aliphatic carbocycles. The zero-order valence-corrected chi connectivity index (χ0v) is 9.78. The fourth-order valence-electron chi connectivity index (χ4n) is 1.16. The average molecular weight is 223 g/mol. The number of hydrogen-bond acceptors (Lipinski definition) is 3. The molecule has 0 atom stereocenters. The third kappa shape index (κ3) is 3.90. The molecule has 0 saturated carbocycles. The molecule has 1 aromatic carbocycles. The maximum atomic E-state index is 11.7. The molecule has 0 heterocycles. The topological polar surface area (TPSA) is 58.6 Å². The first-order valence-electron chi connectivity index (χ1n) is 5.07. The molecule has 16 heavy (non-hydrogen) atoms. The van der Waals surface area contributed by atoms with Crippen molar-refractivity contribution in [2.75, 3.05) is 13.7 Å². The predicted octanol–water partition coefficient (Wildman–Crippen LogP) is 1.20. The van der Waals surface area contributed by atoms with Crippen molar-refractivity contribution in [2.45, 2.75) is 19.4 Å². The van der Waals surface area contributed by atoms with E-state index in [2.05, 4.69) is 5.32 Å². The molecule has 0 aliphatic rings. The van der Waals surface area contributed by atoms with Gasteiger partial charge in [0.15, 0.2) is 0 Å². The van der Waals surface area contributed by atoms with Crippen molar-refractivity contribution in [3.8, 4) is 5.75 Å².